The standard InChI is InChI=1S/C16H18N2O2S2/c1-12-6-7-16(21-12)22(19,20)17-8-9-18-14(11-17)10-13-4-2-3-5-15(13)18/h2-7,14H,8-11H2,1H3. The largest absolute Gasteiger partial charge is 0.365 e. The van der Waals surface area contributed by atoms with Gasteiger partial charge >= 0.3 is 0 Å². The second kappa shape index (κ2) is 5.08. The van der Waals surface area contributed by atoms with Crippen molar-refractivity contribution in [3.8, 4) is 0 Å². The monoisotopic (exact) mass is 334 g/mol. The normalized spacial score (nSPS) is 21.7. The molecule has 4 rings (SSSR count). The lowest BCUT2D eigenvalue weighted by Gasteiger charge is -2.38. The van der Waals surface area contributed by atoms with Crippen LogP contribution in [0.25, 0.3) is 0 Å². The number of thiophene rings is 1. The van der Waals surface area contributed by atoms with Gasteiger partial charge in [0.25, 0.3) is 10.0 Å². The zero-order valence-electron chi connectivity index (χ0n) is 12.4. The van der Waals surface area contributed by atoms with Crippen LogP contribution < -0.4 is 4.90 Å². The summed E-state index contributed by atoms with van der Waals surface area (Å²) in [4.78, 5) is 3.39. The number of rotatable bonds is 2. The molecule has 1 unspecified atom stereocenters. The van der Waals surface area contributed by atoms with Crippen molar-refractivity contribution in [2.24, 2.45) is 0 Å². The first-order valence-corrected chi connectivity index (χ1v) is 9.72. The van der Waals surface area contributed by atoms with Crippen LogP contribution in [-0.2, 0) is 16.4 Å². The molecule has 0 N–H and O–H groups in total. The lowest BCUT2D eigenvalue weighted by Crippen LogP contribution is -2.53. The number of benzene rings is 1. The number of para-hydroxylation sites is 1. The fourth-order valence-electron chi connectivity index (χ4n) is 3.43. The Labute approximate surface area is 135 Å². The molecule has 4 nitrogen and oxygen atoms in total. The highest BCUT2D eigenvalue weighted by molar-refractivity contribution is 7.91. The molecule has 0 spiro atoms. The van der Waals surface area contributed by atoms with E-state index in [9.17, 15) is 8.42 Å². The van der Waals surface area contributed by atoms with Crippen LogP contribution in [0.3, 0.4) is 0 Å². The van der Waals surface area contributed by atoms with Gasteiger partial charge in [-0.15, -0.1) is 11.3 Å². The lowest BCUT2D eigenvalue weighted by molar-refractivity contribution is 0.340. The lowest BCUT2D eigenvalue weighted by atomic mass is 10.1. The smallest absolute Gasteiger partial charge is 0.252 e. The van der Waals surface area contributed by atoms with Gasteiger partial charge in [0.1, 0.15) is 4.21 Å². The average molecular weight is 334 g/mol. The first-order chi connectivity index (χ1) is 10.6. The molecule has 6 heteroatoms. The van der Waals surface area contributed by atoms with Crippen molar-refractivity contribution in [1.29, 1.82) is 0 Å². The Morgan fingerprint density at radius 3 is 2.73 bits per heavy atom. The highest BCUT2D eigenvalue weighted by Crippen LogP contribution is 2.35. The van der Waals surface area contributed by atoms with Crippen molar-refractivity contribution >= 4 is 27.0 Å². The Kier molecular flexibility index (Phi) is 3.29. The summed E-state index contributed by atoms with van der Waals surface area (Å²) >= 11 is 1.36. The molecule has 1 aromatic carbocycles. The minimum absolute atomic E-state index is 0.266. The Bertz CT molecular complexity index is 813. The van der Waals surface area contributed by atoms with Gasteiger partial charge in [0.2, 0.25) is 0 Å². The molecule has 2 aliphatic heterocycles. The second-order valence-electron chi connectivity index (χ2n) is 5.91. The van der Waals surface area contributed by atoms with Gasteiger partial charge in [-0.05, 0) is 37.1 Å². The van der Waals surface area contributed by atoms with Gasteiger partial charge in [0.05, 0.1) is 0 Å². The minimum atomic E-state index is -3.34. The number of hydrogen-bond donors (Lipinski definition) is 0. The summed E-state index contributed by atoms with van der Waals surface area (Å²) in [5, 5.41) is 0. The Balaban J connectivity index is 1.59. The van der Waals surface area contributed by atoms with Crippen molar-refractivity contribution < 1.29 is 8.42 Å². The molecule has 2 aromatic rings. The van der Waals surface area contributed by atoms with E-state index in [0.29, 0.717) is 17.3 Å². The van der Waals surface area contributed by atoms with Gasteiger partial charge in [-0.1, -0.05) is 18.2 Å². The van der Waals surface area contributed by atoms with Crippen molar-refractivity contribution in [1.82, 2.24) is 4.31 Å². The molecule has 0 bridgehead atoms. The molecule has 0 aliphatic carbocycles. The summed E-state index contributed by atoms with van der Waals surface area (Å²) in [5.74, 6) is 0. The SMILES string of the molecule is Cc1ccc(S(=O)(=O)N2CCN3c4ccccc4CC3C2)s1. The Hall–Kier alpha value is -1.37. The van der Waals surface area contributed by atoms with E-state index in [0.717, 1.165) is 17.8 Å². The summed E-state index contributed by atoms with van der Waals surface area (Å²) in [5.41, 5.74) is 2.61. The Morgan fingerprint density at radius 2 is 1.95 bits per heavy atom. The molecule has 0 amide bonds. The van der Waals surface area contributed by atoms with E-state index in [4.69, 9.17) is 0 Å². The van der Waals surface area contributed by atoms with E-state index in [-0.39, 0.29) is 6.04 Å². The van der Waals surface area contributed by atoms with Crippen LogP contribution in [0.15, 0.2) is 40.6 Å². The van der Waals surface area contributed by atoms with Crippen LogP contribution in [0.5, 0.6) is 0 Å². The van der Waals surface area contributed by atoms with E-state index >= 15 is 0 Å². The van der Waals surface area contributed by atoms with Crippen molar-refractivity contribution in [3.63, 3.8) is 0 Å². The fourth-order valence-corrected chi connectivity index (χ4v) is 6.34. The molecule has 116 valence electrons. The van der Waals surface area contributed by atoms with Crippen molar-refractivity contribution in [3.05, 3.63) is 46.8 Å². The summed E-state index contributed by atoms with van der Waals surface area (Å²) in [6.07, 6.45) is 0.936. The summed E-state index contributed by atoms with van der Waals surface area (Å²) in [7, 11) is -3.34. The average Bonchev–Trinajstić information content (AvgIpc) is 3.10. The highest BCUT2D eigenvalue weighted by Gasteiger charge is 2.38. The van der Waals surface area contributed by atoms with E-state index in [1.54, 1.807) is 10.4 Å². The van der Waals surface area contributed by atoms with Crippen LogP contribution in [0.4, 0.5) is 5.69 Å². The third kappa shape index (κ3) is 2.17. The van der Waals surface area contributed by atoms with Crippen molar-refractivity contribution in [2.45, 2.75) is 23.6 Å². The van der Waals surface area contributed by atoms with E-state index in [1.807, 2.05) is 13.0 Å². The van der Waals surface area contributed by atoms with Crippen LogP contribution in [0.1, 0.15) is 10.4 Å². The van der Waals surface area contributed by atoms with Crippen LogP contribution in [0, 0.1) is 6.92 Å². The number of fused-ring (bicyclic) bond motifs is 3. The summed E-state index contributed by atoms with van der Waals surface area (Å²) in [6, 6.07) is 12.3. The number of anilines is 1. The number of piperazine rings is 1. The molecule has 22 heavy (non-hydrogen) atoms. The molecule has 1 atom stereocenters. The van der Waals surface area contributed by atoms with Gasteiger partial charge in [-0.25, -0.2) is 8.42 Å². The van der Waals surface area contributed by atoms with Gasteiger partial charge in [-0.3, -0.25) is 0 Å². The third-order valence-electron chi connectivity index (χ3n) is 4.51. The van der Waals surface area contributed by atoms with Crippen LogP contribution >= 0.6 is 11.3 Å². The highest BCUT2D eigenvalue weighted by atomic mass is 32.2. The molecule has 3 heterocycles. The number of nitrogens with zero attached hydrogens (tertiary/aromatic N) is 2. The first-order valence-electron chi connectivity index (χ1n) is 7.47. The third-order valence-corrected chi connectivity index (χ3v) is 7.85. The zero-order chi connectivity index (χ0) is 15.3. The number of aryl methyl sites for hydroxylation is 1. The summed E-state index contributed by atoms with van der Waals surface area (Å²) < 4.78 is 27.7. The van der Waals surface area contributed by atoms with E-state index in [2.05, 4.69) is 29.2 Å². The number of hydrogen-bond acceptors (Lipinski definition) is 4. The van der Waals surface area contributed by atoms with Crippen molar-refractivity contribution in [2.75, 3.05) is 24.5 Å². The van der Waals surface area contributed by atoms with Gasteiger partial charge < -0.3 is 4.90 Å². The molecule has 1 aromatic heterocycles. The fraction of sp³-hybridized carbons (Fsp3) is 0.375. The minimum Gasteiger partial charge on any atom is -0.365 e. The van der Waals surface area contributed by atoms with Crippen LogP contribution in [-0.4, -0.2) is 38.4 Å². The van der Waals surface area contributed by atoms with Gasteiger partial charge in [-0.2, -0.15) is 4.31 Å². The maximum Gasteiger partial charge on any atom is 0.252 e. The topological polar surface area (TPSA) is 40.6 Å². The van der Waals surface area contributed by atoms with E-state index in [1.165, 1.54) is 22.6 Å². The molecule has 1 fully saturated rings. The molecular weight excluding hydrogens is 316 g/mol. The quantitative estimate of drug-likeness (QED) is 0.847. The number of sulfonamides is 1. The molecule has 2 aliphatic rings. The maximum absolute atomic E-state index is 12.8. The van der Waals surface area contributed by atoms with E-state index < -0.39 is 10.0 Å². The maximum atomic E-state index is 12.8. The summed E-state index contributed by atoms with van der Waals surface area (Å²) in [6.45, 7) is 3.85. The molecule has 1 saturated heterocycles. The van der Waals surface area contributed by atoms with Gasteiger partial charge in [0, 0.05) is 36.2 Å². The second-order valence-corrected chi connectivity index (χ2v) is 9.36. The zero-order valence-corrected chi connectivity index (χ0v) is 14.0. The molecule has 0 saturated carbocycles. The molecule has 0 radical (unpaired) electrons. The predicted octanol–water partition coefficient (Wildman–Crippen LogP) is 2.49. The predicted molar refractivity (Wildman–Crippen MR) is 89.1 cm³/mol. The van der Waals surface area contributed by atoms with Crippen LogP contribution in [0.2, 0.25) is 0 Å². The van der Waals surface area contributed by atoms with Gasteiger partial charge in [0.15, 0.2) is 0 Å². The molecular formula is C16H18N2O2S2. The Morgan fingerprint density at radius 1 is 1.14 bits per heavy atom. The first kappa shape index (κ1) is 14.2.